The van der Waals surface area contributed by atoms with Crippen molar-refractivity contribution >= 4 is 5.97 Å². The molecule has 0 saturated carbocycles. The molecule has 0 aromatic heterocycles. The van der Waals surface area contributed by atoms with Crippen LogP contribution in [0.1, 0.15) is 40.5 Å². The predicted molar refractivity (Wildman–Crippen MR) is 70.9 cm³/mol. The van der Waals surface area contributed by atoms with Gasteiger partial charge in [-0.1, -0.05) is 13.3 Å². The highest BCUT2D eigenvalue weighted by Gasteiger charge is 2.33. The van der Waals surface area contributed by atoms with E-state index in [2.05, 4.69) is 12.2 Å². The Balaban J connectivity index is 3.81. The fraction of sp³-hybridized carbons (Fsp3) is 0.923. The van der Waals surface area contributed by atoms with E-state index >= 15 is 0 Å². The number of rotatable bonds is 11. The van der Waals surface area contributed by atoms with Gasteiger partial charge in [-0.05, 0) is 27.2 Å². The van der Waals surface area contributed by atoms with Crippen LogP contribution in [0, 0.1) is 0 Å². The van der Waals surface area contributed by atoms with Crippen LogP contribution < -0.4 is 5.32 Å². The summed E-state index contributed by atoms with van der Waals surface area (Å²) in [7, 11) is 0. The van der Waals surface area contributed by atoms with E-state index in [1.165, 1.54) is 0 Å². The maximum absolute atomic E-state index is 11.2. The third-order valence-corrected chi connectivity index (χ3v) is 2.48. The summed E-state index contributed by atoms with van der Waals surface area (Å²) >= 11 is 0. The van der Waals surface area contributed by atoms with E-state index in [-0.39, 0.29) is 12.6 Å². The van der Waals surface area contributed by atoms with Crippen LogP contribution in [0.2, 0.25) is 0 Å². The molecule has 5 heteroatoms. The van der Waals surface area contributed by atoms with Gasteiger partial charge in [0.1, 0.15) is 5.54 Å². The molecule has 18 heavy (non-hydrogen) atoms. The molecule has 5 nitrogen and oxygen atoms in total. The number of hydrogen-bond acceptors (Lipinski definition) is 4. The van der Waals surface area contributed by atoms with Crippen molar-refractivity contribution in [2.75, 3.05) is 26.4 Å². The lowest BCUT2D eigenvalue weighted by Crippen LogP contribution is -2.55. The largest absolute Gasteiger partial charge is 0.480 e. The van der Waals surface area contributed by atoms with E-state index < -0.39 is 11.5 Å². The maximum Gasteiger partial charge on any atom is 0.326 e. The SMILES string of the molecule is CCCCOCCOCC(C)(NC(C)C)C(=O)O. The molecule has 0 spiro atoms. The second kappa shape index (κ2) is 9.30. The molecule has 1 atom stereocenters. The van der Waals surface area contributed by atoms with Crippen molar-refractivity contribution in [1.82, 2.24) is 5.32 Å². The summed E-state index contributed by atoms with van der Waals surface area (Å²) in [6, 6.07) is 0.0931. The average molecular weight is 261 g/mol. The zero-order valence-corrected chi connectivity index (χ0v) is 12.0. The van der Waals surface area contributed by atoms with Gasteiger partial charge in [-0.25, -0.2) is 0 Å². The monoisotopic (exact) mass is 261 g/mol. The second-order valence-electron chi connectivity index (χ2n) is 4.95. The number of hydrogen-bond donors (Lipinski definition) is 2. The third kappa shape index (κ3) is 7.63. The molecule has 0 aromatic carbocycles. The number of carboxylic acid groups (broad SMARTS) is 1. The van der Waals surface area contributed by atoms with Gasteiger partial charge in [0.15, 0.2) is 0 Å². The summed E-state index contributed by atoms with van der Waals surface area (Å²) in [5.41, 5.74) is -1.04. The molecule has 0 heterocycles. The van der Waals surface area contributed by atoms with Gasteiger partial charge in [0, 0.05) is 12.6 Å². The van der Waals surface area contributed by atoms with Gasteiger partial charge in [0.05, 0.1) is 19.8 Å². The molecule has 0 aromatic rings. The van der Waals surface area contributed by atoms with Crippen molar-refractivity contribution in [1.29, 1.82) is 0 Å². The van der Waals surface area contributed by atoms with Crippen LogP contribution in [0.15, 0.2) is 0 Å². The Morgan fingerprint density at radius 1 is 1.28 bits per heavy atom. The minimum atomic E-state index is -1.04. The molecule has 0 aliphatic rings. The normalized spacial score (nSPS) is 14.7. The minimum absolute atomic E-state index is 0.0931. The first-order valence-electron chi connectivity index (χ1n) is 6.59. The van der Waals surface area contributed by atoms with Gasteiger partial charge in [-0.2, -0.15) is 0 Å². The molecule has 0 amide bonds. The fourth-order valence-electron chi connectivity index (χ4n) is 1.54. The summed E-state index contributed by atoms with van der Waals surface area (Å²) in [5.74, 6) is -0.900. The summed E-state index contributed by atoms with van der Waals surface area (Å²) < 4.78 is 10.7. The number of nitrogens with one attached hydrogen (secondary N) is 1. The Labute approximate surface area is 110 Å². The summed E-state index contributed by atoms with van der Waals surface area (Å²) in [6.07, 6.45) is 2.15. The lowest BCUT2D eigenvalue weighted by atomic mass is 10.0. The van der Waals surface area contributed by atoms with Gasteiger partial charge in [0.2, 0.25) is 0 Å². The van der Waals surface area contributed by atoms with Crippen LogP contribution in [-0.4, -0.2) is 49.1 Å². The Morgan fingerprint density at radius 3 is 2.39 bits per heavy atom. The molecule has 2 N–H and O–H groups in total. The molecule has 108 valence electrons. The average Bonchev–Trinajstić information content (AvgIpc) is 2.26. The van der Waals surface area contributed by atoms with Crippen LogP contribution in [0.3, 0.4) is 0 Å². The van der Waals surface area contributed by atoms with E-state index in [9.17, 15) is 9.90 Å². The molecule has 0 saturated heterocycles. The van der Waals surface area contributed by atoms with Crippen LogP contribution in [-0.2, 0) is 14.3 Å². The molecule has 0 aliphatic carbocycles. The van der Waals surface area contributed by atoms with Gasteiger partial charge in [-0.3, -0.25) is 10.1 Å². The van der Waals surface area contributed by atoms with E-state index in [1.807, 2.05) is 13.8 Å². The Morgan fingerprint density at radius 2 is 1.89 bits per heavy atom. The highest BCUT2D eigenvalue weighted by molar-refractivity contribution is 5.78. The van der Waals surface area contributed by atoms with E-state index in [0.717, 1.165) is 19.4 Å². The van der Waals surface area contributed by atoms with Crippen molar-refractivity contribution in [3.05, 3.63) is 0 Å². The van der Waals surface area contributed by atoms with Crippen molar-refractivity contribution in [3.63, 3.8) is 0 Å². The summed E-state index contributed by atoms with van der Waals surface area (Å²) in [6.45, 7) is 9.37. The van der Waals surface area contributed by atoms with Crippen LogP contribution >= 0.6 is 0 Å². The number of unbranched alkanes of at least 4 members (excludes halogenated alkanes) is 1. The first kappa shape index (κ1) is 17.4. The number of carbonyl (C=O) groups is 1. The zero-order chi connectivity index (χ0) is 14.0. The fourth-order valence-corrected chi connectivity index (χ4v) is 1.54. The van der Waals surface area contributed by atoms with Crippen LogP contribution in [0.4, 0.5) is 0 Å². The molecule has 0 radical (unpaired) electrons. The topological polar surface area (TPSA) is 67.8 Å². The highest BCUT2D eigenvalue weighted by Crippen LogP contribution is 2.06. The Bertz CT molecular complexity index is 233. The van der Waals surface area contributed by atoms with Gasteiger partial charge < -0.3 is 14.6 Å². The van der Waals surface area contributed by atoms with Crippen molar-refractivity contribution in [3.8, 4) is 0 Å². The minimum Gasteiger partial charge on any atom is -0.480 e. The first-order chi connectivity index (χ1) is 8.42. The maximum atomic E-state index is 11.2. The van der Waals surface area contributed by atoms with Crippen molar-refractivity contribution < 1.29 is 19.4 Å². The highest BCUT2D eigenvalue weighted by atomic mass is 16.5. The Kier molecular flexibility index (Phi) is 8.97. The molecule has 0 aliphatic heterocycles. The first-order valence-corrected chi connectivity index (χ1v) is 6.59. The standard InChI is InChI=1S/C13H27NO4/c1-5-6-7-17-8-9-18-10-13(4,12(15)16)14-11(2)3/h11,14H,5-10H2,1-4H3,(H,15,16). The quantitative estimate of drug-likeness (QED) is 0.554. The smallest absolute Gasteiger partial charge is 0.326 e. The van der Waals surface area contributed by atoms with E-state index in [1.54, 1.807) is 6.92 Å². The molecular weight excluding hydrogens is 234 g/mol. The molecule has 0 fully saturated rings. The lowest BCUT2D eigenvalue weighted by Gasteiger charge is -2.28. The van der Waals surface area contributed by atoms with Gasteiger partial charge >= 0.3 is 5.97 Å². The molecule has 0 bridgehead atoms. The van der Waals surface area contributed by atoms with Gasteiger partial charge in [0.25, 0.3) is 0 Å². The van der Waals surface area contributed by atoms with E-state index in [0.29, 0.717) is 13.2 Å². The predicted octanol–water partition coefficient (Wildman–Crippen LogP) is 1.66. The summed E-state index contributed by atoms with van der Waals surface area (Å²) in [4.78, 5) is 11.2. The Hall–Kier alpha value is -0.650. The zero-order valence-electron chi connectivity index (χ0n) is 12.0. The summed E-state index contributed by atoms with van der Waals surface area (Å²) in [5, 5.41) is 12.2. The van der Waals surface area contributed by atoms with Crippen LogP contribution in [0.5, 0.6) is 0 Å². The van der Waals surface area contributed by atoms with E-state index in [4.69, 9.17) is 9.47 Å². The van der Waals surface area contributed by atoms with Crippen molar-refractivity contribution in [2.45, 2.75) is 52.1 Å². The number of ether oxygens (including phenoxy) is 2. The second-order valence-corrected chi connectivity index (χ2v) is 4.95. The van der Waals surface area contributed by atoms with Gasteiger partial charge in [-0.15, -0.1) is 0 Å². The third-order valence-electron chi connectivity index (χ3n) is 2.48. The molecule has 1 unspecified atom stereocenters. The number of carboxylic acids is 1. The lowest BCUT2D eigenvalue weighted by molar-refractivity contribution is -0.147. The van der Waals surface area contributed by atoms with Crippen LogP contribution in [0.25, 0.3) is 0 Å². The molecule has 0 rings (SSSR count). The number of aliphatic carboxylic acids is 1. The molecular formula is C13H27NO4. The van der Waals surface area contributed by atoms with Crippen molar-refractivity contribution in [2.24, 2.45) is 0 Å².